The number of nitrogens with zero attached hydrogens (tertiary/aromatic N) is 2. The summed E-state index contributed by atoms with van der Waals surface area (Å²) < 4.78 is 0. The fourth-order valence-electron chi connectivity index (χ4n) is 2.17. The van der Waals surface area contributed by atoms with Crippen LogP contribution in [0.15, 0.2) is 23.4 Å². The summed E-state index contributed by atoms with van der Waals surface area (Å²) >= 11 is 3.15. The zero-order chi connectivity index (χ0) is 14.3. The number of hydrogen-bond donors (Lipinski definition) is 1. The third kappa shape index (κ3) is 2.27. The molecule has 7 heteroatoms. The molecule has 1 aromatic rings. The van der Waals surface area contributed by atoms with Gasteiger partial charge in [0.05, 0.1) is 23.0 Å². The summed E-state index contributed by atoms with van der Waals surface area (Å²) in [5.41, 5.74) is 2.85. The van der Waals surface area contributed by atoms with Crippen molar-refractivity contribution in [3.63, 3.8) is 0 Å². The highest BCUT2D eigenvalue weighted by molar-refractivity contribution is 8.01. The van der Waals surface area contributed by atoms with Gasteiger partial charge in [-0.1, -0.05) is 6.08 Å². The van der Waals surface area contributed by atoms with Gasteiger partial charge in [-0.15, -0.1) is 23.1 Å². The van der Waals surface area contributed by atoms with E-state index in [0.29, 0.717) is 6.42 Å². The molecule has 1 amide bonds. The number of aromatic nitrogens is 1. The molecule has 0 aromatic carbocycles. The Labute approximate surface area is 124 Å². The highest BCUT2D eigenvalue weighted by Crippen LogP contribution is 2.41. The zero-order valence-corrected chi connectivity index (χ0v) is 12.3. The summed E-state index contributed by atoms with van der Waals surface area (Å²) in [5.74, 6) is -1.16. The molecule has 0 radical (unpaired) electrons. The van der Waals surface area contributed by atoms with Crippen molar-refractivity contribution in [2.45, 2.75) is 24.0 Å². The monoisotopic (exact) mass is 308 g/mol. The van der Waals surface area contributed by atoms with Crippen molar-refractivity contribution in [2.75, 3.05) is 0 Å². The normalized spacial score (nSPS) is 25.4. The number of β-lactam (4-membered cyclic amide) rings is 1. The van der Waals surface area contributed by atoms with Gasteiger partial charge in [-0.3, -0.25) is 9.69 Å². The first-order valence-corrected chi connectivity index (χ1v) is 7.89. The number of aryl methyl sites for hydroxylation is 1. The van der Waals surface area contributed by atoms with Crippen LogP contribution in [0.1, 0.15) is 17.0 Å². The second-order valence-electron chi connectivity index (χ2n) is 4.54. The second kappa shape index (κ2) is 5.06. The summed E-state index contributed by atoms with van der Waals surface area (Å²) in [6.07, 6.45) is 5.98. The van der Waals surface area contributed by atoms with Crippen molar-refractivity contribution in [1.82, 2.24) is 9.88 Å². The Bertz CT molecular complexity index is 635. The standard InChI is InChI=1S/C13H12N2O3S2/c1-7-10(19-6-14-7)3-2-8-4-9(13(17)18)15-11(16)5-12(15)20-8/h2-4,6,8,12H,5H2,1H3,(H,17,18)/b3-2-/t8?,12-/m1/s1. The number of thiazole rings is 1. The van der Waals surface area contributed by atoms with E-state index in [0.717, 1.165) is 10.6 Å². The molecule has 20 heavy (non-hydrogen) atoms. The molecule has 5 nitrogen and oxygen atoms in total. The third-order valence-electron chi connectivity index (χ3n) is 3.24. The Hall–Kier alpha value is -1.60. The highest BCUT2D eigenvalue weighted by atomic mass is 32.2. The van der Waals surface area contributed by atoms with Crippen LogP contribution in [-0.2, 0) is 9.59 Å². The minimum atomic E-state index is -1.05. The van der Waals surface area contributed by atoms with Crippen LogP contribution in [0.25, 0.3) is 6.08 Å². The van der Waals surface area contributed by atoms with Crippen molar-refractivity contribution in [3.05, 3.63) is 33.9 Å². The Morgan fingerprint density at radius 1 is 1.60 bits per heavy atom. The lowest BCUT2D eigenvalue weighted by Crippen LogP contribution is -2.53. The van der Waals surface area contributed by atoms with Gasteiger partial charge in [0.1, 0.15) is 5.70 Å². The average molecular weight is 308 g/mol. The number of thioether (sulfide) groups is 1. The maximum atomic E-state index is 11.5. The highest BCUT2D eigenvalue weighted by Gasteiger charge is 2.44. The number of hydrogen-bond acceptors (Lipinski definition) is 5. The molecule has 3 heterocycles. The van der Waals surface area contributed by atoms with Crippen LogP contribution < -0.4 is 0 Å². The van der Waals surface area contributed by atoms with Crippen LogP contribution in [-0.4, -0.2) is 37.5 Å². The molecule has 1 aromatic heterocycles. The zero-order valence-electron chi connectivity index (χ0n) is 10.6. The number of fused-ring (bicyclic) bond motifs is 1. The van der Waals surface area contributed by atoms with E-state index in [2.05, 4.69) is 4.98 Å². The summed E-state index contributed by atoms with van der Waals surface area (Å²) in [6, 6.07) is 0. The Morgan fingerprint density at radius 3 is 3.00 bits per heavy atom. The Morgan fingerprint density at radius 2 is 2.40 bits per heavy atom. The minimum absolute atomic E-state index is 0.0306. The SMILES string of the molecule is Cc1ncsc1/C=C\C1C=C(C(=O)O)N2C(=O)C[C@H]2S1. The number of amides is 1. The molecule has 1 N–H and O–H groups in total. The molecular weight excluding hydrogens is 296 g/mol. The number of carbonyl (C=O) groups excluding carboxylic acids is 1. The van der Waals surface area contributed by atoms with E-state index in [4.69, 9.17) is 0 Å². The molecule has 104 valence electrons. The predicted octanol–water partition coefficient (Wildman–Crippen LogP) is 2.11. The first kappa shape index (κ1) is 13.4. The maximum absolute atomic E-state index is 11.5. The van der Waals surface area contributed by atoms with E-state index < -0.39 is 5.97 Å². The van der Waals surface area contributed by atoms with E-state index in [9.17, 15) is 14.7 Å². The lowest BCUT2D eigenvalue weighted by atomic mass is 10.1. The van der Waals surface area contributed by atoms with E-state index in [-0.39, 0.29) is 22.2 Å². The van der Waals surface area contributed by atoms with Gasteiger partial charge in [0.15, 0.2) is 0 Å². The van der Waals surface area contributed by atoms with Crippen LogP contribution >= 0.6 is 23.1 Å². The summed E-state index contributed by atoms with van der Waals surface area (Å²) in [5, 5.41) is 9.11. The number of rotatable bonds is 3. The minimum Gasteiger partial charge on any atom is -0.477 e. The van der Waals surface area contributed by atoms with Crippen LogP contribution in [0.5, 0.6) is 0 Å². The Balaban J connectivity index is 1.83. The van der Waals surface area contributed by atoms with Crippen LogP contribution in [0.2, 0.25) is 0 Å². The van der Waals surface area contributed by atoms with Gasteiger partial charge in [0, 0.05) is 10.1 Å². The molecule has 1 fully saturated rings. The van der Waals surface area contributed by atoms with Gasteiger partial charge in [-0.25, -0.2) is 9.78 Å². The van der Waals surface area contributed by atoms with Crippen molar-refractivity contribution < 1.29 is 14.7 Å². The summed E-state index contributed by atoms with van der Waals surface area (Å²) in [6.45, 7) is 1.94. The van der Waals surface area contributed by atoms with Crippen molar-refractivity contribution in [1.29, 1.82) is 0 Å². The number of aliphatic carboxylic acids is 1. The van der Waals surface area contributed by atoms with Gasteiger partial charge in [0.25, 0.3) is 0 Å². The van der Waals surface area contributed by atoms with Crippen LogP contribution in [0, 0.1) is 6.92 Å². The molecule has 2 atom stereocenters. The van der Waals surface area contributed by atoms with Gasteiger partial charge in [-0.05, 0) is 19.1 Å². The van der Waals surface area contributed by atoms with Crippen molar-refractivity contribution >= 4 is 41.1 Å². The van der Waals surface area contributed by atoms with Crippen molar-refractivity contribution in [2.24, 2.45) is 0 Å². The molecule has 0 bridgehead atoms. The fourth-order valence-corrected chi connectivity index (χ4v) is 4.21. The van der Waals surface area contributed by atoms with Gasteiger partial charge in [-0.2, -0.15) is 0 Å². The fraction of sp³-hybridized carbons (Fsp3) is 0.308. The van der Waals surface area contributed by atoms with Gasteiger partial charge < -0.3 is 5.11 Å². The van der Waals surface area contributed by atoms with Gasteiger partial charge in [0.2, 0.25) is 5.91 Å². The molecular formula is C13H12N2O3S2. The molecule has 2 aliphatic rings. The summed E-state index contributed by atoms with van der Waals surface area (Å²) in [7, 11) is 0. The first-order chi connectivity index (χ1) is 9.56. The molecule has 0 spiro atoms. The molecule has 0 aliphatic carbocycles. The lowest BCUT2D eigenvalue weighted by Gasteiger charge is -2.43. The van der Waals surface area contributed by atoms with E-state index in [1.54, 1.807) is 34.7 Å². The molecule has 3 rings (SSSR count). The summed E-state index contributed by atoms with van der Waals surface area (Å²) in [4.78, 5) is 29.3. The number of carbonyl (C=O) groups is 2. The molecule has 1 unspecified atom stereocenters. The average Bonchev–Trinajstić information content (AvgIpc) is 2.79. The lowest BCUT2D eigenvalue weighted by molar-refractivity contribution is -0.146. The van der Waals surface area contributed by atoms with Gasteiger partial charge >= 0.3 is 5.97 Å². The Kier molecular flexibility index (Phi) is 3.39. The molecule has 0 saturated carbocycles. The van der Waals surface area contributed by atoms with E-state index >= 15 is 0 Å². The smallest absolute Gasteiger partial charge is 0.352 e. The predicted molar refractivity (Wildman–Crippen MR) is 78.2 cm³/mol. The third-order valence-corrected chi connectivity index (χ3v) is 5.44. The maximum Gasteiger partial charge on any atom is 0.352 e. The number of carboxylic acids is 1. The largest absolute Gasteiger partial charge is 0.477 e. The second-order valence-corrected chi connectivity index (χ2v) is 6.79. The molecule has 1 saturated heterocycles. The van der Waals surface area contributed by atoms with E-state index in [1.807, 2.05) is 19.1 Å². The van der Waals surface area contributed by atoms with Crippen LogP contribution in [0.3, 0.4) is 0 Å². The molecule has 2 aliphatic heterocycles. The van der Waals surface area contributed by atoms with Crippen LogP contribution in [0.4, 0.5) is 0 Å². The topological polar surface area (TPSA) is 70.5 Å². The quantitative estimate of drug-likeness (QED) is 0.866. The van der Waals surface area contributed by atoms with E-state index in [1.165, 1.54) is 4.90 Å². The number of carboxylic acid groups (broad SMARTS) is 1. The first-order valence-electron chi connectivity index (χ1n) is 6.07. The van der Waals surface area contributed by atoms with Crippen molar-refractivity contribution in [3.8, 4) is 0 Å².